The number of nitrogens with one attached hydrogen (secondary N) is 2. The number of piperidine rings is 1. The van der Waals surface area contributed by atoms with Gasteiger partial charge in [-0.15, -0.1) is 0 Å². The monoisotopic (exact) mass is 421 g/mol. The van der Waals surface area contributed by atoms with Crippen molar-refractivity contribution in [2.45, 2.75) is 25.7 Å². The van der Waals surface area contributed by atoms with Gasteiger partial charge in [0.1, 0.15) is 11.7 Å². The Morgan fingerprint density at radius 1 is 1.26 bits per heavy atom. The van der Waals surface area contributed by atoms with Crippen LogP contribution in [0, 0.1) is 23.2 Å². The summed E-state index contributed by atoms with van der Waals surface area (Å²) < 4.78 is 5.10. The maximum Gasteiger partial charge on any atom is 0.309 e. The molecule has 2 aliphatic heterocycles. The van der Waals surface area contributed by atoms with Crippen LogP contribution in [0.4, 0.5) is 11.8 Å². The van der Waals surface area contributed by atoms with Gasteiger partial charge in [-0.1, -0.05) is 30.3 Å². The van der Waals surface area contributed by atoms with Crippen molar-refractivity contribution in [1.29, 1.82) is 5.26 Å². The van der Waals surface area contributed by atoms with Gasteiger partial charge in [-0.3, -0.25) is 19.4 Å². The number of aromatic amines is 1. The minimum Gasteiger partial charge on any atom is -0.466 e. The quantitative estimate of drug-likeness (QED) is 0.720. The number of anilines is 2. The van der Waals surface area contributed by atoms with Gasteiger partial charge in [0.25, 0.3) is 5.56 Å². The van der Waals surface area contributed by atoms with Crippen LogP contribution < -0.4 is 15.8 Å². The number of benzene rings is 1. The molecule has 3 heterocycles. The third-order valence-electron chi connectivity index (χ3n) is 5.82. The van der Waals surface area contributed by atoms with Gasteiger partial charge in [0.15, 0.2) is 0 Å². The Morgan fingerprint density at radius 3 is 2.61 bits per heavy atom. The predicted octanol–water partition coefficient (Wildman–Crippen LogP) is 1.77. The van der Waals surface area contributed by atoms with E-state index in [1.165, 1.54) is 0 Å². The van der Waals surface area contributed by atoms with Crippen LogP contribution in [0.2, 0.25) is 0 Å². The fourth-order valence-corrected chi connectivity index (χ4v) is 4.26. The summed E-state index contributed by atoms with van der Waals surface area (Å²) in [6.45, 7) is 3.19. The van der Waals surface area contributed by atoms with Gasteiger partial charge in [-0.25, -0.2) is 0 Å². The van der Waals surface area contributed by atoms with E-state index in [1.54, 1.807) is 31.2 Å². The minimum atomic E-state index is -1.02. The van der Waals surface area contributed by atoms with E-state index in [9.17, 15) is 19.6 Å². The predicted molar refractivity (Wildman–Crippen MR) is 112 cm³/mol. The molecule has 0 bridgehead atoms. The van der Waals surface area contributed by atoms with Gasteiger partial charge in [0.2, 0.25) is 11.9 Å². The highest BCUT2D eigenvalue weighted by Gasteiger charge is 2.40. The summed E-state index contributed by atoms with van der Waals surface area (Å²) >= 11 is 0. The fraction of sp³-hybridized carbons (Fsp3) is 0.409. The van der Waals surface area contributed by atoms with E-state index in [2.05, 4.69) is 15.3 Å². The van der Waals surface area contributed by atoms with Gasteiger partial charge in [-0.2, -0.15) is 10.2 Å². The smallest absolute Gasteiger partial charge is 0.309 e. The molecular weight excluding hydrogens is 398 g/mol. The SMILES string of the molecule is CCOC(=O)C1CCN(c2nc3c(c(=O)[nH]2)C(c2ccccc2)C(C#N)C(=O)N3)CC1. The number of esters is 1. The number of carbonyl (C=O) groups excluding carboxylic acids is 2. The summed E-state index contributed by atoms with van der Waals surface area (Å²) in [5.41, 5.74) is 0.601. The number of nitriles is 1. The van der Waals surface area contributed by atoms with E-state index >= 15 is 0 Å². The number of amides is 1. The van der Waals surface area contributed by atoms with Crippen LogP contribution in [0.25, 0.3) is 0 Å². The second-order valence-corrected chi connectivity index (χ2v) is 7.65. The van der Waals surface area contributed by atoms with Gasteiger partial charge < -0.3 is 15.0 Å². The van der Waals surface area contributed by atoms with Crippen LogP contribution in [-0.2, 0) is 14.3 Å². The number of carbonyl (C=O) groups is 2. The first-order valence-electron chi connectivity index (χ1n) is 10.3. The van der Waals surface area contributed by atoms with Crippen LogP contribution in [0.3, 0.4) is 0 Å². The maximum atomic E-state index is 13.1. The standard InChI is InChI=1S/C22H23N5O4/c1-2-31-21(30)14-8-10-27(11-9-14)22-25-18-17(20(29)26-22)16(13-6-4-3-5-7-13)15(12-23)19(28)24-18/h3-7,14-16H,2,8-11H2,1H3,(H2,24,25,26,28,29). The molecule has 1 aromatic carbocycles. The highest BCUT2D eigenvalue weighted by Crippen LogP contribution is 2.38. The van der Waals surface area contributed by atoms with E-state index in [0.29, 0.717) is 44.0 Å². The van der Waals surface area contributed by atoms with Gasteiger partial charge in [0.05, 0.1) is 24.2 Å². The lowest BCUT2D eigenvalue weighted by Crippen LogP contribution is -2.41. The van der Waals surface area contributed by atoms with Crippen molar-refractivity contribution in [3.8, 4) is 6.07 Å². The van der Waals surface area contributed by atoms with E-state index in [1.807, 2.05) is 17.0 Å². The van der Waals surface area contributed by atoms with Crippen LogP contribution in [0.1, 0.15) is 36.8 Å². The molecule has 1 fully saturated rings. The third-order valence-corrected chi connectivity index (χ3v) is 5.82. The van der Waals surface area contributed by atoms with Crippen molar-refractivity contribution < 1.29 is 14.3 Å². The summed E-state index contributed by atoms with van der Waals surface area (Å²) in [6.07, 6.45) is 1.18. The number of hydrogen-bond acceptors (Lipinski definition) is 7. The van der Waals surface area contributed by atoms with Crippen LogP contribution in [0.5, 0.6) is 0 Å². The third kappa shape index (κ3) is 3.89. The zero-order chi connectivity index (χ0) is 22.0. The van der Waals surface area contributed by atoms with Crippen molar-refractivity contribution in [3.05, 3.63) is 51.8 Å². The Balaban J connectivity index is 1.65. The summed E-state index contributed by atoms with van der Waals surface area (Å²) in [5, 5.41) is 12.2. The minimum absolute atomic E-state index is 0.168. The summed E-state index contributed by atoms with van der Waals surface area (Å²) in [7, 11) is 0. The molecule has 2 aliphatic rings. The zero-order valence-corrected chi connectivity index (χ0v) is 17.1. The lowest BCUT2D eigenvalue weighted by atomic mass is 9.79. The molecule has 1 saturated heterocycles. The number of ether oxygens (including phenoxy) is 1. The van der Waals surface area contributed by atoms with E-state index in [0.717, 1.165) is 0 Å². The lowest BCUT2D eigenvalue weighted by molar-refractivity contribution is -0.148. The largest absolute Gasteiger partial charge is 0.466 e. The molecule has 0 radical (unpaired) electrons. The second-order valence-electron chi connectivity index (χ2n) is 7.65. The molecule has 0 aliphatic carbocycles. The molecule has 2 atom stereocenters. The van der Waals surface area contributed by atoms with Gasteiger partial charge >= 0.3 is 5.97 Å². The van der Waals surface area contributed by atoms with E-state index in [-0.39, 0.29) is 28.8 Å². The number of hydrogen-bond donors (Lipinski definition) is 2. The summed E-state index contributed by atoms with van der Waals surface area (Å²) in [5.74, 6) is -2.05. The molecule has 0 spiro atoms. The molecular formula is C22H23N5O4. The van der Waals surface area contributed by atoms with Crippen molar-refractivity contribution in [2.24, 2.45) is 11.8 Å². The van der Waals surface area contributed by atoms with Crippen molar-refractivity contribution in [2.75, 3.05) is 29.9 Å². The first-order chi connectivity index (χ1) is 15.0. The Morgan fingerprint density at radius 2 is 1.97 bits per heavy atom. The van der Waals surface area contributed by atoms with Crippen molar-refractivity contribution in [1.82, 2.24) is 9.97 Å². The molecule has 4 rings (SSSR count). The molecule has 160 valence electrons. The highest BCUT2D eigenvalue weighted by molar-refractivity contribution is 5.98. The number of H-pyrrole nitrogens is 1. The fourth-order valence-electron chi connectivity index (χ4n) is 4.26. The van der Waals surface area contributed by atoms with E-state index < -0.39 is 17.7 Å². The van der Waals surface area contributed by atoms with Crippen molar-refractivity contribution in [3.63, 3.8) is 0 Å². The molecule has 9 nitrogen and oxygen atoms in total. The lowest BCUT2D eigenvalue weighted by Gasteiger charge is -2.33. The first-order valence-corrected chi connectivity index (χ1v) is 10.3. The number of rotatable bonds is 4. The summed E-state index contributed by atoms with van der Waals surface area (Å²) in [4.78, 5) is 46.9. The zero-order valence-electron chi connectivity index (χ0n) is 17.1. The highest BCUT2D eigenvalue weighted by atomic mass is 16.5. The maximum absolute atomic E-state index is 13.1. The molecule has 2 N–H and O–H groups in total. The number of aromatic nitrogens is 2. The van der Waals surface area contributed by atoms with Crippen LogP contribution in [0.15, 0.2) is 35.1 Å². The number of fused-ring (bicyclic) bond motifs is 1. The Hall–Kier alpha value is -3.67. The normalized spacial score (nSPS) is 21.0. The molecule has 1 amide bonds. The van der Waals surface area contributed by atoms with Crippen LogP contribution in [-0.4, -0.2) is 41.5 Å². The molecule has 2 aromatic rings. The first kappa shape index (κ1) is 20.6. The second kappa shape index (κ2) is 8.60. The molecule has 2 unspecified atom stereocenters. The van der Waals surface area contributed by atoms with E-state index in [4.69, 9.17) is 4.74 Å². The summed E-state index contributed by atoms with van der Waals surface area (Å²) in [6, 6.07) is 11.1. The molecule has 0 saturated carbocycles. The topological polar surface area (TPSA) is 128 Å². The van der Waals surface area contributed by atoms with Gasteiger partial charge in [-0.05, 0) is 25.3 Å². The average molecular weight is 421 g/mol. The molecule has 9 heteroatoms. The molecule has 31 heavy (non-hydrogen) atoms. The molecule has 1 aromatic heterocycles. The average Bonchev–Trinajstić information content (AvgIpc) is 2.79. The number of nitrogens with zero attached hydrogens (tertiary/aromatic N) is 3. The Kier molecular flexibility index (Phi) is 5.71. The Bertz CT molecular complexity index is 1080. The van der Waals surface area contributed by atoms with Crippen LogP contribution >= 0.6 is 0 Å². The van der Waals surface area contributed by atoms with Crippen molar-refractivity contribution >= 4 is 23.6 Å². The van der Waals surface area contributed by atoms with Gasteiger partial charge in [0, 0.05) is 19.0 Å². The Labute approximate surface area is 179 Å².